The molecule has 0 aromatic heterocycles. The summed E-state index contributed by atoms with van der Waals surface area (Å²) in [6.07, 6.45) is 4.28. The zero-order valence-electron chi connectivity index (χ0n) is 12.9. The number of rotatable bonds is 6. The maximum absolute atomic E-state index is 9.72. The van der Waals surface area contributed by atoms with Crippen molar-refractivity contribution in [3.05, 3.63) is 35.9 Å². The van der Waals surface area contributed by atoms with Gasteiger partial charge in [0.1, 0.15) is 18.6 Å². The van der Waals surface area contributed by atoms with Crippen molar-refractivity contribution in [1.29, 1.82) is 0 Å². The zero-order valence-corrected chi connectivity index (χ0v) is 12.9. The van der Waals surface area contributed by atoms with Gasteiger partial charge >= 0.3 is 0 Å². The van der Waals surface area contributed by atoms with Crippen molar-refractivity contribution < 1.29 is 9.68 Å². The molecule has 0 unspecified atom stereocenters. The van der Waals surface area contributed by atoms with Crippen LogP contribution in [0.25, 0.3) is 0 Å². The first-order valence-corrected chi connectivity index (χ1v) is 7.57. The first kappa shape index (κ1) is 15.0. The molecule has 110 valence electrons. The molecule has 1 aliphatic heterocycles. The van der Waals surface area contributed by atoms with Crippen LogP contribution in [0, 0.1) is 5.92 Å². The average Bonchev–Trinajstić information content (AvgIpc) is 2.78. The largest absolute Gasteiger partial charge is 0.392 e. The van der Waals surface area contributed by atoms with Crippen LogP contribution in [-0.4, -0.2) is 53.2 Å². The second kappa shape index (κ2) is 6.89. The van der Waals surface area contributed by atoms with Gasteiger partial charge in [-0.3, -0.25) is 9.48 Å². The molecule has 1 aromatic carbocycles. The maximum atomic E-state index is 9.72. The van der Waals surface area contributed by atoms with Crippen molar-refractivity contribution in [1.82, 2.24) is 4.90 Å². The van der Waals surface area contributed by atoms with Gasteiger partial charge in [0.15, 0.2) is 0 Å². The molecule has 20 heavy (non-hydrogen) atoms. The number of aliphatic hydroxyl groups excluding tert-OH is 1. The van der Waals surface area contributed by atoms with Crippen LogP contribution in [0.5, 0.6) is 0 Å². The van der Waals surface area contributed by atoms with E-state index in [4.69, 9.17) is 0 Å². The highest BCUT2D eigenvalue weighted by Crippen LogP contribution is 2.16. The Bertz CT molecular complexity index is 442. The van der Waals surface area contributed by atoms with Gasteiger partial charge < -0.3 is 5.11 Å². The minimum absolute atomic E-state index is 0.178. The normalized spacial score (nSPS) is 20.4. The number of hydrogen-bond donors (Lipinski definition) is 1. The summed E-state index contributed by atoms with van der Waals surface area (Å²) in [6, 6.07) is 11.2. The molecule has 1 N–H and O–H groups in total. The van der Waals surface area contributed by atoms with Crippen molar-refractivity contribution in [2.75, 3.05) is 20.2 Å². The molecule has 1 heterocycles. The molecular formula is C17H27N2O+. The van der Waals surface area contributed by atoms with Crippen LogP contribution in [0.3, 0.4) is 0 Å². The Morgan fingerprint density at radius 2 is 2.00 bits per heavy atom. The lowest BCUT2D eigenvalue weighted by Gasteiger charge is -2.20. The lowest BCUT2D eigenvalue weighted by molar-refractivity contribution is -0.524. The molecule has 1 aromatic rings. The summed E-state index contributed by atoms with van der Waals surface area (Å²) < 4.78 is 2.30. The predicted octanol–water partition coefficient (Wildman–Crippen LogP) is 1.99. The first-order valence-electron chi connectivity index (χ1n) is 7.57. The molecule has 2 atom stereocenters. The molecule has 2 rings (SSSR count). The SMILES string of the molecule is CC(C)C[C@H]1CN([C@H](CO)Cc2ccccc2)C=[N+]1C. The van der Waals surface area contributed by atoms with Gasteiger partial charge in [0, 0.05) is 6.42 Å². The van der Waals surface area contributed by atoms with E-state index in [2.05, 4.69) is 61.0 Å². The minimum Gasteiger partial charge on any atom is -0.392 e. The van der Waals surface area contributed by atoms with Crippen LogP contribution in [0.4, 0.5) is 0 Å². The van der Waals surface area contributed by atoms with Crippen LogP contribution in [-0.2, 0) is 6.42 Å². The molecule has 0 radical (unpaired) electrons. The topological polar surface area (TPSA) is 26.5 Å². The molecule has 3 heteroatoms. The van der Waals surface area contributed by atoms with E-state index < -0.39 is 0 Å². The molecule has 3 nitrogen and oxygen atoms in total. The van der Waals surface area contributed by atoms with E-state index >= 15 is 0 Å². The Morgan fingerprint density at radius 1 is 1.30 bits per heavy atom. The van der Waals surface area contributed by atoms with Gasteiger partial charge in [-0.05, 0) is 17.9 Å². The Labute approximate surface area is 122 Å². The summed E-state index contributed by atoms with van der Waals surface area (Å²) in [4.78, 5) is 2.31. The van der Waals surface area contributed by atoms with E-state index in [1.807, 2.05) is 6.07 Å². The number of likely N-dealkylation sites (N-methyl/N-ethyl adjacent to an activating group) is 1. The molecule has 0 fully saturated rings. The quantitative estimate of drug-likeness (QED) is 0.804. The Hall–Kier alpha value is -1.35. The molecule has 0 spiro atoms. The van der Waals surface area contributed by atoms with Gasteiger partial charge in [-0.1, -0.05) is 44.2 Å². The van der Waals surface area contributed by atoms with Crippen molar-refractivity contribution in [3.63, 3.8) is 0 Å². The summed E-state index contributed by atoms with van der Waals surface area (Å²) in [5, 5.41) is 9.72. The van der Waals surface area contributed by atoms with E-state index in [-0.39, 0.29) is 12.6 Å². The third kappa shape index (κ3) is 3.83. The average molecular weight is 275 g/mol. The smallest absolute Gasteiger partial charge is 0.234 e. The third-order valence-electron chi connectivity index (χ3n) is 4.07. The van der Waals surface area contributed by atoms with Gasteiger partial charge in [-0.15, -0.1) is 0 Å². The van der Waals surface area contributed by atoms with Crippen molar-refractivity contribution in [3.8, 4) is 0 Å². The molecule has 0 saturated heterocycles. The maximum Gasteiger partial charge on any atom is 0.234 e. The number of benzene rings is 1. The Kier molecular flexibility index (Phi) is 5.18. The zero-order chi connectivity index (χ0) is 14.5. The van der Waals surface area contributed by atoms with E-state index in [1.165, 1.54) is 12.0 Å². The van der Waals surface area contributed by atoms with Crippen molar-refractivity contribution in [2.45, 2.75) is 38.8 Å². The molecule has 0 bridgehead atoms. The highest BCUT2D eigenvalue weighted by Gasteiger charge is 2.33. The summed E-state index contributed by atoms with van der Waals surface area (Å²) in [5.74, 6) is 0.706. The van der Waals surface area contributed by atoms with Crippen LogP contribution < -0.4 is 0 Å². The predicted molar refractivity (Wildman–Crippen MR) is 83.2 cm³/mol. The van der Waals surface area contributed by atoms with Gasteiger partial charge in [0.2, 0.25) is 6.34 Å². The second-order valence-corrected chi connectivity index (χ2v) is 6.29. The fourth-order valence-electron chi connectivity index (χ4n) is 2.95. The number of aliphatic hydroxyl groups is 1. The molecule has 0 amide bonds. The summed E-state index contributed by atoms with van der Waals surface area (Å²) in [5.41, 5.74) is 1.29. The van der Waals surface area contributed by atoms with Crippen LogP contribution in [0.1, 0.15) is 25.8 Å². The Morgan fingerprint density at radius 3 is 2.60 bits per heavy atom. The van der Waals surface area contributed by atoms with Gasteiger partial charge in [-0.2, -0.15) is 0 Å². The van der Waals surface area contributed by atoms with Gasteiger partial charge in [0.25, 0.3) is 0 Å². The van der Waals surface area contributed by atoms with Crippen molar-refractivity contribution in [2.24, 2.45) is 5.92 Å². The Balaban J connectivity index is 1.99. The monoisotopic (exact) mass is 275 g/mol. The third-order valence-corrected chi connectivity index (χ3v) is 4.07. The number of nitrogens with zero attached hydrogens (tertiary/aromatic N) is 2. The van der Waals surface area contributed by atoms with E-state index in [9.17, 15) is 5.11 Å². The highest BCUT2D eigenvalue weighted by molar-refractivity contribution is 5.51. The minimum atomic E-state index is 0.178. The van der Waals surface area contributed by atoms with Gasteiger partial charge in [-0.25, -0.2) is 0 Å². The molecule has 1 aliphatic rings. The number of hydrogen-bond acceptors (Lipinski definition) is 2. The molecular weight excluding hydrogens is 248 g/mol. The highest BCUT2D eigenvalue weighted by atomic mass is 16.3. The van der Waals surface area contributed by atoms with Crippen molar-refractivity contribution >= 4 is 6.34 Å². The lowest BCUT2D eigenvalue weighted by atomic mass is 10.0. The molecule has 0 saturated carbocycles. The van der Waals surface area contributed by atoms with E-state index in [0.29, 0.717) is 12.0 Å². The van der Waals surface area contributed by atoms with Crippen LogP contribution in [0.2, 0.25) is 0 Å². The van der Waals surface area contributed by atoms with Gasteiger partial charge in [0.05, 0.1) is 13.7 Å². The fraction of sp³-hybridized carbons (Fsp3) is 0.588. The van der Waals surface area contributed by atoms with E-state index in [0.717, 1.165) is 13.0 Å². The van der Waals surface area contributed by atoms with Crippen LogP contribution >= 0.6 is 0 Å². The summed E-state index contributed by atoms with van der Waals surface area (Å²) in [6.45, 7) is 5.76. The first-order chi connectivity index (χ1) is 9.60. The second-order valence-electron chi connectivity index (χ2n) is 6.29. The van der Waals surface area contributed by atoms with Crippen LogP contribution in [0.15, 0.2) is 30.3 Å². The van der Waals surface area contributed by atoms with E-state index in [1.54, 1.807) is 0 Å². The summed E-state index contributed by atoms with van der Waals surface area (Å²) in [7, 11) is 2.14. The fourth-order valence-corrected chi connectivity index (χ4v) is 2.95. The molecule has 0 aliphatic carbocycles. The standard InChI is InChI=1S/C17H27N2O/c1-14(2)9-16-11-19(13-18(16)3)17(12-20)10-15-7-5-4-6-8-15/h4-8,13-14,16-17,20H,9-12H2,1-3H3/q+1/t16-,17-/m0/s1. The summed E-state index contributed by atoms with van der Waals surface area (Å²) >= 11 is 0. The lowest BCUT2D eigenvalue weighted by Crippen LogP contribution is -2.39.